The predicted octanol–water partition coefficient (Wildman–Crippen LogP) is 2.18. The number of rotatable bonds is 5. The van der Waals surface area contributed by atoms with E-state index in [0.29, 0.717) is 11.8 Å². The molecular weight excluding hydrogens is 266 g/mol. The molecule has 2 atom stereocenters. The largest absolute Gasteiger partial charge is 0.497 e. The summed E-state index contributed by atoms with van der Waals surface area (Å²) in [4.78, 5) is 11.8. The normalized spacial score (nSPS) is 24.3. The van der Waals surface area contributed by atoms with Gasteiger partial charge in [-0.2, -0.15) is 5.10 Å². The zero-order valence-corrected chi connectivity index (χ0v) is 12.0. The predicted molar refractivity (Wildman–Crippen MR) is 82.4 cm³/mol. The highest BCUT2D eigenvalue weighted by atomic mass is 16.5. The summed E-state index contributed by atoms with van der Waals surface area (Å²) in [5.74, 6) is 1.84. The van der Waals surface area contributed by atoms with E-state index in [1.807, 2.05) is 24.3 Å². The first-order chi connectivity index (χ1) is 10.3. The Hall–Kier alpha value is -2.30. The fraction of sp³-hybridized carbons (Fsp3) is 0.375. The molecule has 21 heavy (non-hydrogen) atoms. The van der Waals surface area contributed by atoms with Crippen LogP contribution in [0.4, 0.5) is 5.69 Å². The van der Waals surface area contributed by atoms with Crippen LogP contribution in [-0.4, -0.2) is 25.3 Å². The van der Waals surface area contributed by atoms with Crippen LogP contribution in [0.15, 0.2) is 41.5 Å². The minimum Gasteiger partial charge on any atom is -0.497 e. The van der Waals surface area contributed by atoms with Gasteiger partial charge < -0.3 is 10.1 Å². The zero-order chi connectivity index (χ0) is 14.7. The average Bonchev–Trinajstić information content (AvgIpc) is 2.87. The fourth-order valence-electron chi connectivity index (χ4n) is 2.73. The number of ether oxygens (including phenoxy) is 1. The van der Waals surface area contributed by atoms with Crippen molar-refractivity contribution in [3.8, 4) is 5.75 Å². The Morgan fingerprint density at radius 3 is 2.90 bits per heavy atom. The lowest BCUT2D eigenvalue weighted by Gasteiger charge is -2.31. The molecule has 1 aromatic carbocycles. The number of amides is 1. The van der Waals surface area contributed by atoms with Crippen LogP contribution in [0, 0.1) is 11.8 Å². The summed E-state index contributed by atoms with van der Waals surface area (Å²) in [6, 6.07) is 7.45. The van der Waals surface area contributed by atoms with Gasteiger partial charge in [0.1, 0.15) is 5.75 Å². The second kappa shape index (κ2) is 5.99. The fourth-order valence-corrected chi connectivity index (χ4v) is 2.73. The van der Waals surface area contributed by atoms with Gasteiger partial charge in [-0.1, -0.05) is 12.2 Å². The van der Waals surface area contributed by atoms with E-state index in [9.17, 15) is 4.79 Å². The minimum atomic E-state index is -0.132. The summed E-state index contributed by atoms with van der Waals surface area (Å²) in [7, 11) is 1.62. The van der Waals surface area contributed by atoms with Gasteiger partial charge in [-0.15, -0.1) is 0 Å². The van der Waals surface area contributed by atoms with E-state index in [0.717, 1.165) is 30.0 Å². The molecular formula is C16H19N3O2. The van der Waals surface area contributed by atoms with Crippen molar-refractivity contribution in [1.29, 1.82) is 0 Å². The summed E-state index contributed by atoms with van der Waals surface area (Å²) in [5, 5.41) is 7.28. The van der Waals surface area contributed by atoms with E-state index in [4.69, 9.17) is 4.74 Å². The third-order valence-electron chi connectivity index (χ3n) is 4.03. The van der Waals surface area contributed by atoms with Gasteiger partial charge in [0.15, 0.2) is 0 Å². The second-order valence-corrected chi connectivity index (χ2v) is 5.36. The molecule has 2 aliphatic carbocycles. The van der Waals surface area contributed by atoms with Crippen molar-refractivity contribution < 1.29 is 9.53 Å². The van der Waals surface area contributed by atoms with Crippen molar-refractivity contribution in [2.24, 2.45) is 16.9 Å². The Morgan fingerprint density at radius 1 is 1.38 bits per heavy atom. The number of nitrogens with zero attached hydrogens (tertiary/aromatic N) is 1. The highest BCUT2D eigenvalue weighted by Gasteiger charge is 2.37. The summed E-state index contributed by atoms with van der Waals surface area (Å²) >= 11 is 0. The van der Waals surface area contributed by atoms with Gasteiger partial charge in [0.25, 0.3) is 5.91 Å². The topological polar surface area (TPSA) is 62.7 Å². The Morgan fingerprint density at radius 2 is 2.19 bits per heavy atom. The quantitative estimate of drug-likeness (QED) is 0.644. The minimum absolute atomic E-state index is 0.132. The van der Waals surface area contributed by atoms with Gasteiger partial charge in [-0.05, 0) is 43.0 Å². The van der Waals surface area contributed by atoms with Crippen LogP contribution in [0.25, 0.3) is 0 Å². The number of carbonyl (C=O) groups is 1. The maximum absolute atomic E-state index is 11.8. The number of allylic oxidation sites excluding steroid dienone is 2. The third-order valence-corrected chi connectivity index (χ3v) is 4.03. The number of fused-ring (bicyclic) bond motifs is 1. The lowest BCUT2D eigenvalue weighted by molar-refractivity contribution is -0.119. The zero-order valence-electron chi connectivity index (χ0n) is 12.0. The second-order valence-electron chi connectivity index (χ2n) is 5.36. The van der Waals surface area contributed by atoms with Gasteiger partial charge in [-0.3, -0.25) is 4.79 Å². The van der Waals surface area contributed by atoms with Crippen molar-refractivity contribution in [3.63, 3.8) is 0 Å². The molecule has 0 saturated heterocycles. The van der Waals surface area contributed by atoms with Crippen LogP contribution >= 0.6 is 0 Å². The smallest absolute Gasteiger partial charge is 0.259 e. The standard InChI is InChI=1S/C16H19N3O2/c1-21-13-7-5-12(6-8-13)17-10-16(20)19-18-15-9-11-3-2-4-14(11)15/h2-3,5-8,11,14,17H,4,9-10H2,1H3,(H,19,20)/b18-15+. The molecule has 0 radical (unpaired) electrons. The average molecular weight is 285 g/mol. The van der Waals surface area contributed by atoms with Gasteiger partial charge in [0.2, 0.25) is 0 Å². The molecule has 5 heteroatoms. The van der Waals surface area contributed by atoms with E-state index in [1.54, 1.807) is 7.11 Å². The van der Waals surface area contributed by atoms with Crippen LogP contribution in [0.3, 0.4) is 0 Å². The molecule has 110 valence electrons. The Labute approximate surface area is 124 Å². The molecule has 0 aliphatic heterocycles. The van der Waals surface area contributed by atoms with Crippen LogP contribution in [0.1, 0.15) is 12.8 Å². The highest BCUT2D eigenvalue weighted by molar-refractivity contribution is 5.95. The molecule has 3 rings (SSSR count). The molecule has 1 aromatic rings. The van der Waals surface area contributed by atoms with Crippen LogP contribution in [0.2, 0.25) is 0 Å². The maximum atomic E-state index is 11.8. The van der Waals surface area contributed by atoms with Crippen molar-refractivity contribution in [1.82, 2.24) is 5.43 Å². The van der Waals surface area contributed by atoms with E-state index in [-0.39, 0.29) is 12.5 Å². The third kappa shape index (κ3) is 3.07. The van der Waals surface area contributed by atoms with Crippen LogP contribution < -0.4 is 15.5 Å². The molecule has 0 heterocycles. The van der Waals surface area contributed by atoms with E-state index >= 15 is 0 Å². The van der Waals surface area contributed by atoms with Crippen molar-refractivity contribution in [3.05, 3.63) is 36.4 Å². The maximum Gasteiger partial charge on any atom is 0.259 e. The molecule has 2 N–H and O–H groups in total. The molecule has 2 aliphatic rings. The molecule has 0 bridgehead atoms. The van der Waals surface area contributed by atoms with Gasteiger partial charge in [0, 0.05) is 17.3 Å². The number of hydrazone groups is 1. The first-order valence-electron chi connectivity index (χ1n) is 7.16. The summed E-state index contributed by atoms with van der Waals surface area (Å²) in [6.07, 6.45) is 6.48. The lowest BCUT2D eigenvalue weighted by atomic mass is 9.74. The summed E-state index contributed by atoms with van der Waals surface area (Å²) in [6.45, 7) is 0.204. The Bertz CT molecular complexity index is 578. The Kier molecular flexibility index (Phi) is 3.90. The first kappa shape index (κ1) is 13.7. The molecule has 2 unspecified atom stereocenters. The lowest BCUT2D eigenvalue weighted by Crippen LogP contribution is -2.36. The summed E-state index contributed by atoms with van der Waals surface area (Å²) < 4.78 is 5.08. The number of nitrogens with one attached hydrogen (secondary N) is 2. The SMILES string of the molecule is COc1ccc(NCC(=O)N/N=C2\CC3C=CCC23)cc1. The molecule has 1 amide bonds. The summed E-state index contributed by atoms with van der Waals surface area (Å²) in [5.41, 5.74) is 4.61. The molecule has 5 nitrogen and oxygen atoms in total. The molecule has 1 fully saturated rings. The monoisotopic (exact) mass is 285 g/mol. The van der Waals surface area contributed by atoms with Crippen molar-refractivity contribution >= 4 is 17.3 Å². The van der Waals surface area contributed by atoms with E-state index < -0.39 is 0 Å². The molecule has 0 aromatic heterocycles. The van der Waals surface area contributed by atoms with E-state index in [1.165, 1.54) is 0 Å². The van der Waals surface area contributed by atoms with Crippen molar-refractivity contribution in [2.45, 2.75) is 12.8 Å². The first-order valence-corrected chi connectivity index (χ1v) is 7.16. The van der Waals surface area contributed by atoms with Gasteiger partial charge in [-0.25, -0.2) is 5.43 Å². The molecule has 1 saturated carbocycles. The number of hydrogen-bond donors (Lipinski definition) is 2. The number of benzene rings is 1. The number of carbonyl (C=O) groups excluding carboxylic acids is 1. The number of anilines is 1. The van der Waals surface area contributed by atoms with Crippen molar-refractivity contribution in [2.75, 3.05) is 19.0 Å². The number of hydrogen-bond acceptors (Lipinski definition) is 4. The molecule has 0 spiro atoms. The Balaban J connectivity index is 1.43. The van der Waals surface area contributed by atoms with Crippen LogP contribution in [0.5, 0.6) is 5.75 Å². The van der Waals surface area contributed by atoms with E-state index in [2.05, 4.69) is 28.0 Å². The van der Waals surface area contributed by atoms with Gasteiger partial charge >= 0.3 is 0 Å². The van der Waals surface area contributed by atoms with Crippen LogP contribution in [-0.2, 0) is 4.79 Å². The highest BCUT2D eigenvalue weighted by Crippen LogP contribution is 2.39. The van der Waals surface area contributed by atoms with Gasteiger partial charge in [0.05, 0.1) is 13.7 Å². The number of methoxy groups -OCH3 is 1.